The lowest BCUT2D eigenvalue weighted by Gasteiger charge is -2.18. The van der Waals surface area contributed by atoms with Gasteiger partial charge in [0.15, 0.2) is 0 Å². The van der Waals surface area contributed by atoms with Gasteiger partial charge in [-0.3, -0.25) is 0 Å². The molecule has 5 nitrogen and oxygen atoms in total. The Hall–Kier alpha value is -3.54. The van der Waals surface area contributed by atoms with E-state index in [-0.39, 0.29) is 5.82 Å². The van der Waals surface area contributed by atoms with Gasteiger partial charge >= 0.3 is 0 Å². The third-order valence-corrected chi connectivity index (χ3v) is 6.63. The van der Waals surface area contributed by atoms with Crippen LogP contribution in [0.3, 0.4) is 0 Å². The maximum atomic E-state index is 14.5. The SMILES string of the molecule is Fc1ccc2c(c1CNc1ncc(-c3ccc4c(c3)CCCC4)c3cnncc13)CCO2. The number of halogens is 1. The molecule has 6 rings (SSSR count). The van der Waals surface area contributed by atoms with E-state index >= 15 is 0 Å². The molecule has 0 saturated carbocycles. The molecule has 4 aromatic rings. The summed E-state index contributed by atoms with van der Waals surface area (Å²) in [5.74, 6) is 1.22. The molecule has 2 aliphatic rings. The minimum absolute atomic E-state index is 0.225. The van der Waals surface area contributed by atoms with E-state index in [0.29, 0.717) is 24.5 Å². The van der Waals surface area contributed by atoms with E-state index in [0.717, 1.165) is 52.5 Å². The lowest BCUT2D eigenvalue weighted by Crippen LogP contribution is -2.07. The number of ether oxygens (including phenoxy) is 1. The van der Waals surface area contributed by atoms with Crippen LogP contribution in [0, 0.1) is 5.82 Å². The van der Waals surface area contributed by atoms with Gasteiger partial charge in [-0.25, -0.2) is 9.37 Å². The largest absolute Gasteiger partial charge is 0.493 e. The molecule has 0 unspecified atom stereocenters. The van der Waals surface area contributed by atoms with E-state index in [4.69, 9.17) is 9.72 Å². The fraction of sp³-hybridized carbons (Fsp3) is 0.269. The highest BCUT2D eigenvalue weighted by Crippen LogP contribution is 2.34. The predicted molar refractivity (Wildman–Crippen MR) is 122 cm³/mol. The molecule has 32 heavy (non-hydrogen) atoms. The van der Waals surface area contributed by atoms with Gasteiger partial charge in [0.1, 0.15) is 17.4 Å². The Balaban J connectivity index is 1.36. The second-order valence-electron chi connectivity index (χ2n) is 8.48. The van der Waals surface area contributed by atoms with Crippen molar-refractivity contribution in [2.75, 3.05) is 11.9 Å². The highest BCUT2D eigenvalue weighted by molar-refractivity contribution is 6.00. The summed E-state index contributed by atoms with van der Waals surface area (Å²) in [5, 5.41) is 13.4. The predicted octanol–water partition coefficient (Wildman–Crippen LogP) is 5.26. The first-order chi connectivity index (χ1) is 15.8. The molecule has 6 heteroatoms. The monoisotopic (exact) mass is 426 g/mol. The molecule has 0 amide bonds. The maximum Gasteiger partial charge on any atom is 0.135 e. The number of anilines is 1. The van der Waals surface area contributed by atoms with E-state index in [1.54, 1.807) is 18.5 Å². The summed E-state index contributed by atoms with van der Waals surface area (Å²) in [6, 6.07) is 9.89. The molecule has 0 saturated heterocycles. The highest BCUT2D eigenvalue weighted by atomic mass is 19.1. The minimum atomic E-state index is -0.225. The van der Waals surface area contributed by atoms with Crippen molar-refractivity contribution in [2.24, 2.45) is 0 Å². The van der Waals surface area contributed by atoms with E-state index < -0.39 is 0 Å². The van der Waals surface area contributed by atoms with Gasteiger partial charge in [0.2, 0.25) is 0 Å². The molecule has 0 bridgehead atoms. The van der Waals surface area contributed by atoms with E-state index in [9.17, 15) is 4.39 Å². The fourth-order valence-electron chi connectivity index (χ4n) is 4.94. The molecule has 0 fully saturated rings. The number of aromatic nitrogens is 3. The van der Waals surface area contributed by atoms with Gasteiger partial charge in [0.05, 0.1) is 19.0 Å². The van der Waals surface area contributed by atoms with Gasteiger partial charge in [-0.15, -0.1) is 0 Å². The summed E-state index contributed by atoms with van der Waals surface area (Å²) in [4.78, 5) is 4.70. The minimum Gasteiger partial charge on any atom is -0.493 e. The summed E-state index contributed by atoms with van der Waals surface area (Å²) in [6.45, 7) is 0.930. The number of fused-ring (bicyclic) bond motifs is 3. The van der Waals surface area contributed by atoms with Gasteiger partial charge in [-0.05, 0) is 54.5 Å². The zero-order valence-electron chi connectivity index (χ0n) is 17.7. The lowest BCUT2D eigenvalue weighted by atomic mass is 9.89. The summed E-state index contributed by atoms with van der Waals surface area (Å²) < 4.78 is 20.1. The van der Waals surface area contributed by atoms with Crippen molar-refractivity contribution in [3.05, 3.63) is 77.0 Å². The lowest BCUT2D eigenvalue weighted by molar-refractivity contribution is 0.356. The van der Waals surface area contributed by atoms with Crippen LogP contribution >= 0.6 is 0 Å². The Bertz CT molecular complexity index is 1340. The normalized spacial score (nSPS) is 14.7. The Kier molecular flexibility index (Phi) is 4.71. The molecule has 2 aromatic heterocycles. The van der Waals surface area contributed by atoms with Crippen molar-refractivity contribution in [3.8, 4) is 16.9 Å². The van der Waals surface area contributed by atoms with Gasteiger partial charge in [0.25, 0.3) is 0 Å². The van der Waals surface area contributed by atoms with Crippen LogP contribution in [-0.2, 0) is 25.8 Å². The summed E-state index contributed by atoms with van der Waals surface area (Å²) >= 11 is 0. The van der Waals surface area contributed by atoms with Crippen LogP contribution in [0.5, 0.6) is 5.75 Å². The number of benzene rings is 2. The van der Waals surface area contributed by atoms with Gasteiger partial charge < -0.3 is 10.1 Å². The molecular weight excluding hydrogens is 403 g/mol. The molecule has 1 aliphatic carbocycles. The maximum absolute atomic E-state index is 14.5. The van der Waals surface area contributed by atoms with E-state index in [2.05, 4.69) is 33.7 Å². The Morgan fingerprint density at radius 1 is 0.906 bits per heavy atom. The van der Waals surface area contributed by atoms with Crippen molar-refractivity contribution in [2.45, 2.75) is 38.6 Å². The first-order valence-corrected chi connectivity index (χ1v) is 11.2. The quantitative estimate of drug-likeness (QED) is 0.483. The summed E-state index contributed by atoms with van der Waals surface area (Å²) in [7, 11) is 0. The third kappa shape index (κ3) is 3.27. The molecule has 160 valence electrons. The average Bonchev–Trinajstić information content (AvgIpc) is 3.32. The fourth-order valence-corrected chi connectivity index (χ4v) is 4.94. The zero-order chi connectivity index (χ0) is 21.5. The molecule has 1 N–H and O–H groups in total. The topological polar surface area (TPSA) is 59.9 Å². The van der Waals surface area contributed by atoms with Crippen molar-refractivity contribution >= 4 is 16.6 Å². The van der Waals surface area contributed by atoms with Crippen molar-refractivity contribution < 1.29 is 9.13 Å². The van der Waals surface area contributed by atoms with Crippen molar-refractivity contribution in [3.63, 3.8) is 0 Å². The Labute approximate surface area is 185 Å². The van der Waals surface area contributed by atoms with Crippen molar-refractivity contribution in [1.82, 2.24) is 15.2 Å². The van der Waals surface area contributed by atoms with Gasteiger partial charge in [0, 0.05) is 46.6 Å². The second-order valence-corrected chi connectivity index (χ2v) is 8.48. The number of nitrogens with one attached hydrogen (secondary N) is 1. The van der Waals surface area contributed by atoms with Crippen molar-refractivity contribution in [1.29, 1.82) is 0 Å². The third-order valence-electron chi connectivity index (χ3n) is 6.63. The summed E-state index contributed by atoms with van der Waals surface area (Å²) in [5.41, 5.74) is 6.64. The van der Waals surface area contributed by atoms with Crippen LogP contribution in [0.15, 0.2) is 48.9 Å². The van der Waals surface area contributed by atoms with E-state index in [1.807, 2.05) is 6.20 Å². The van der Waals surface area contributed by atoms with Crippen LogP contribution < -0.4 is 10.1 Å². The number of hydrogen-bond acceptors (Lipinski definition) is 5. The Morgan fingerprint density at radius 2 is 1.75 bits per heavy atom. The second kappa shape index (κ2) is 7.86. The summed E-state index contributed by atoms with van der Waals surface area (Å²) in [6.07, 6.45) is 10.9. The van der Waals surface area contributed by atoms with Gasteiger partial charge in [-0.2, -0.15) is 10.2 Å². The van der Waals surface area contributed by atoms with Crippen LogP contribution in [0.1, 0.15) is 35.1 Å². The molecule has 1 aliphatic heterocycles. The van der Waals surface area contributed by atoms with Crippen LogP contribution in [0.25, 0.3) is 21.9 Å². The number of hydrogen-bond donors (Lipinski definition) is 1. The first kappa shape index (κ1) is 19.2. The van der Waals surface area contributed by atoms with Crippen LogP contribution in [0.2, 0.25) is 0 Å². The number of aryl methyl sites for hydroxylation is 2. The zero-order valence-corrected chi connectivity index (χ0v) is 17.7. The number of nitrogens with zero attached hydrogens (tertiary/aromatic N) is 3. The molecule has 0 radical (unpaired) electrons. The number of rotatable bonds is 4. The number of pyridine rings is 1. The van der Waals surface area contributed by atoms with Crippen LogP contribution in [-0.4, -0.2) is 21.8 Å². The standard InChI is InChI=1S/C26H23FN4O/c27-24-7-8-25-19(9-10-32-25)22(24)13-29-26-23-15-31-30-14-21(23)20(12-28-26)18-6-5-16-3-1-2-4-17(16)11-18/h5-8,11-12,14-15H,1-4,9-10,13H2,(H,28,29). The van der Waals surface area contributed by atoms with Crippen LogP contribution in [0.4, 0.5) is 10.2 Å². The first-order valence-electron chi connectivity index (χ1n) is 11.2. The smallest absolute Gasteiger partial charge is 0.135 e. The molecule has 0 atom stereocenters. The highest BCUT2D eigenvalue weighted by Gasteiger charge is 2.20. The molecule has 2 aromatic carbocycles. The molecular formula is C26H23FN4O. The van der Waals surface area contributed by atoms with E-state index in [1.165, 1.54) is 30.0 Å². The Morgan fingerprint density at radius 3 is 2.66 bits per heavy atom. The van der Waals surface area contributed by atoms with Gasteiger partial charge in [-0.1, -0.05) is 18.2 Å². The average molecular weight is 426 g/mol. The molecule has 0 spiro atoms. The molecule has 3 heterocycles.